The topological polar surface area (TPSA) is 81.2 Å². The van der Waals surface area contributed by atoms with E-state index in [2.05, 4.69) is 15.5 Å². The third kappa shape index (κ3) is 3.76. The molecule has 0 aliphatic rings. The molecule has 0 aliphatic heterocycles. The molecule has 0 aliphatic carbocycles. The predicted molar refractivity (Wildman–Crippen MR) is 68.1 cm³/mol. The molecule has 1 rings (SSSR count). The lowest BCUT2D eigenvalue weighted by molar-refractivity contribution is -0.155. The van der Waals surface area contributed by atoms with E-state index in [1.54, 1.807) is 6.92 Å². The van der Waals surface area contributed by atoms with E-state index in [1.807, 2.05) is 20.8 Å². The van der Waals surface area contributed by atoms with Gasteiger partial charge >= 0.3 is 5.97 Å². The van der Waals surface area contributed by atoms with Crippen LogP contribution in [-0.4, -0.2) is 28.7 Å². The van der Waals surface area contributed by atoms with E-state index in [0.717, 1.165) is 0 Å². The Morgan fingerprint density at radius 3 is 2.61 bits per heavy atom. The molecule has 1 aromatic rings. The van der Waals surface area contributed by atoms with Gasteiger partial charge in [0.25, 0.3) is 0 Å². The van der Waals surface area contributed by atoms with Crippen molar-refractivity contribution in [1.29, 1.82) is 0 Å². The number of nitrogens with one attached hydrogen (secondary N) is 1. The Morgan fingerprint density at radius 2 is 2.17 bits per heavy atom. The van der Waals surface area contributed by atoms with Gasteiger partial charge in [0.15, 0.2) is 0 Å². The monoisotopic (exact) mass is 271 g/mol. The molecule has 0 saturated carbocycles. The van der Waals surface area contributed by atoms with Crippen LogP contribution in [0.1, 0.15) is 27.7 Å². The maximum absolute atomic E-state index is 12.1. The lowest BCUT2D eigenvalue weighted by atomic mass is 9.80. The Kier molecular flexibility index (Phi) is 4.77. The summed E-state index contributed by atoms with van der Waals surface area (Å²) in [5, 5.41) is 10.3. The molecular formula is C11H17N3O3S. The zero-order valence-corrected chi connectivity index (χ0v) is 11.7. The molecule has 0 radical (unpaired) electrons. The Labute approximate surface area is 110 Å². The number of amides is 1. The van der Waals surface area contributed by atoms with Crippen molar-refractivity contribution in [3.63, 3.8) is 0 Å². The summed E-state index contributed by atoms with van der Waals surface area (Å²) in [7, 11) is 0. The van der Waals surface area contributed by atoms with Crippen LogP contribution in [0.4, 0.5) is 5.13 Å². The van der Waals surface area contributed by atoms with Crippen molar-refractivity contribution in [2.24, 2.45) is 11.3 Å². The number of hydrogen-bond donors (Lipinski definition) is 1. The molecule has 0 spiro atoms. The second kappa shape index (κ2) is 5.90. The number of ether oxygens (including phenoxy) is 1. The van der Waals surface area contributed by atoms with Crippen molar-refractivity contribution in [3.05, 3.63) is 5.51 Å². The number of esters is 1. The minimum atomic E-state index is -0.874. The van der Waals surface area contributed by atoms with Gasteiger partial charge < -0.3 is 4.74 Å². The molecular weight excluding hydrogens is 254 g/mol. The number of nitrogens with zero attached hydrogens (tertiary/aromatic N) is 2. The first-order chi connectivity index (χ1) is 8.36. The highest BCUT2D eigenvalue weighted by atomic mass is 32.1. The van der Waals surface area contributed by atoms with E-state index in [9.17, 15) is 9.59 Å². The van der Waals surface area contributed by atoms with Crippen molar-refractivity contribution in [2.45, 2.75) is 27.7 Å². The smallest absolute Gasteiger partial charge is 0.319 e. The number of carbonyl (C=O) groups is 2. The van der Waals surface area contributed by atoms with Gasteiger partial charge in [-0.15, -0.1) is 10.2 Å². The van der Waals surface area contributed by atoms with Crippen molar-refractivity contribution in [2.75, 3.05) is 11.9 Å². The summed E-state index contributed by atoms with van der Waals surface area (Å²) in [5.41, 5.74) is 0.979. The predicted octanol–water partition coefficient (Wildman–Crippen LogP) is 1.70. The zero-order valence-electron chi connectivity index (χ0n) is 10.9. The Balaban J connectivity index is 2.83. The average Bonchev–Trinajstić information content (AvgIpc) is 2.68. The number of aromatic nitrogens is 2. The number of hydrogen-bond acceptors (Lipinski definition) is 6. The molecule has 1 amide bonds. The van der Waals surface area contributed by atoms with Gasteiger partial charge in [-0.2, -0.15) is 0 Å². The van der Waals surface area contributed by atoms with E-state index in [4.69, 9.17) is 4.74 Å². The third-order valence-electron chi connectivity index (χ3n) is 2.24. The SMILES string of the molecule is CCOC(=O)C(C(=O)Nc1nncs1)C(C)(C)C. The van der Waals surface area contributed by atoms with E-state index >= 15 is 0 Å². The molecule has 1 aromatic heterocycles. The molecule has 100 valence electrons. The minimum absolute atomic E-state index is 0.248. The number of anilines is 1. The fraction of sp³-hybridized carbons (Fsp3) is 0.636. The fourth-order valence-corrected chi connectivity index (χ4v) is 1.93. The van der Waals surface area contributed by atoms with Crippen LogP contribution in [0, 0.1) is 11.3 Å². The van der Waals surface area contributed by atoms with Crippen molar-refractivity contribution >= 4 is 28.3 Å². The van der Waals surface area contributed by atoms with E-state index < -0.39 is 23.2 Å². The molecule has 18 heavy (non-hydrogen) atoms. The Morgan fingerprint density at radius 1 is 1.50 bits per heavy atom. The van der Waals surface area contributed by atoms with Gasteiger partial charge in [0.2, 0.25) is 11.0 Å². The Hall–Kier alpha value is -1.50. The summed E-state index contributed by atoms with van der Waals surface area (Å²) in [6, 6.07) is 0. The molecule has 1 heterocycles. The van der Waals surface area contributed by atoms with Gasteiger partial charge in [-0.1, -0.05) is 32.1 Å². The van der Waals surface area contributed by atoms with Crippen LogP contribution in [0.3, 0.4) is 0 Å². The van der Waals surface area contributed by atoms with Crippen LogP contribution in [-0.2, 0) is 14.3 Å². The molecule has 0 aromatic carbocycles. The van der Waals surface area contributed by atoms with Crippen LogP contribution < -0.4 is 5.32 Å². The van der Waals surface area contributed by atoms with Crippen molar-refractivity contribution in [1.82, 2.24) is 10.2 Å². The van der Waals surface area contributed by atoms with E-state index in [0.29, 0.717) is 5.13 Å². The average molecular weight is 271 g/mol. The molecule has 1 atom stereocenters. The van der Waals surface area contributed by atoms with Crippen LogP contribution in [0.25, 0.3) is 0 Å². The fourth-order valence-electron chi connectivity index (χ4n) is 1.48. The second-order valence-corrected chi connectivity index (χ2v) is 5.62. The van der Waals surface area contributed by atoms with Gasteiger partial charge in [-0.25, -0.2) is 0 Å². The highest BCUT2D eigenvalue weighted by Crippen LogP contribution is 2.28. The van der Waals surface area contributed by atoms with Crippen LogP contribution in [0.2, 0.25) is 0 Å². The van der Waals surface area contributed by atoms with Crippen LogP contribution in [0.5, 0.6) is 0 Å². The zero-order chi connectivity index (χ0) is 13.8. The van der Waals surface area contributed by atoms with E-state index in [-0.39, 0.29) is 6.61 Å². The van der Waals surface area contributed by atoms with Crippen molar-refractivity contribution in [3.8, 4) is 0 Å². The van der Waals surface area contributed by atoms with Gasteiger partial charge in [-0.3, -0.25) is 14.9 Å². The maximum Gasteiger partial charge on any atom is 0.319 e. The first kappa shape index (κ1) is 14.6. The first-order valence-electron chi connectivity index (χ1n) is 5.60. The van der Waals surface area contributed by atoms with Gasteiger partial charge in [0, 0.05) is 0 Å². The van der Waals surface area contributed by atoms with Crippen LogP contribution in [0.15, 0.2) is 5.51 Å². The molecule has 6 nitrogen and oxygen atoms in total. The summed E-state index contributed by atoms with van der Waals surface area (Å²) in [5.74, 6) is -1.81. The third-order valence-corrected chi connectivity index (χ3v) is 2.85. The number of carbonyl (C=O) groups excluding carboxylic acids is 2. The van der Waals surface area contributed by atoms with Gasteiger partial charge in [0.05, 0.1) is 6.61 Å². The molecule has 1 N–H and O–H groups in total. The molecule has 0 bridgehead atoms. The molecule has 0 fully saturated rings. The second-order valence-electron chi connectivity index (χ2n) is 4.78. The first-order valence-corrected chi connectivity index (χ1v) is 6.48. The summed E-state index contributed by atoms with van der Waals surface area (Å²) in [6.45, 7) is 7.40. The standard InChI is InChI=1S/C11H17N3O3S/c1-5-17-9(16)7(11(2,3)4)8(15)13-10-14-12-6-18-10/h6-7H,5H2,1-4H3,(H,13,14,15). The lowest BCUT2D eigenvalue weighted by Crippen LogP contribution is -2.40. The highest BCUT2D eigenvalue weighted by Gasteiger charge is 2.39. The maximum atomic E-state index is 12.1. The summed E-state index contributed by atoms with van der Waals surface area (Å²) in [4.78, 5) is 23.9. The normalized spacial score (nSPS) is 12.9. The lowest BCUT2D eigenvalue weighted by Gasteiger charge is -2.27. The quantitative estimate of drug-likeness (QED) is 0.666. The van der Waals surface area contributed by atoms with Crippen molar-refractivity contribution < 1.29 is 14.3 Å². The van der Waals surface area contributed by atoms with E-state index in [1.165, 1.54) is 16.8 Å². The Bertz CT molecular complexity index is 412. The summed E-state index contributed by atoms with van der Waals surface area (Å²) < 4.78 is 4.94. The summed E-state index contributed by atoms with van der Waals surface area (Å²) >= 11 is 1.20. The largest absolute Gasteiger partial charge is 0.465 e. The van der Waals surface area contributed by atoms with Gasteiger partial charge in [0.1, 0.15) is 11.4 Å². The number of rotatable bonds is 4. The molecule has 0 saturated heterocycles. The van der Waals surface area contributed by atoms with Crippen LogP contribution >= 0.6 is 11.3 Å². The molecule has 1 unspecified atom stereocenters. The van der Waals surface area contributed by atoms with Gasteiger partial charge in [-0.05, 0) is 12.3 Å². The minimum Gasteiger partial charge on any atom is -0.465 e. The highest BCUT2D eigenvalue weighted by molar-refractivity contribution is 7.13. The molecule has 7 heteroatoms. The summed E-state index contributed by atoms with van der Waals surface area (Å²) in [6.07, 6.45) is 0.